The Bertz CT molecular complexity index is 960. The van der Waals surface area contributed by atoms with Crippen molar-refractivity contribution in [2.75, 3.05) is 18.4 Å². The summed E-state index contributed by atoms with van der Waals surface area (Å²) in [6.07, 6.45) is 4.59. The van der Waals surface area contributed by atoms with E-state index in [2.05, 4.69) is 26.7 Å². The van der Waals surface area contributed by atoms with Crippen molar-refractivity contribution < 1.29 is 4.74 Å². The largest absolute Gasteiger partial charge is 0.489 e. The molecule has 1 aromatic carbocycles. The molecule has 2 aromatic heterocycles. The Balaban J connectivity index is 1.54. The second-order valence-electron chi connectivity index (χ2n) is 6.24. The number of rotatable bonds is 5. The number of nitrogens with zero attached hydrogens (tertiary/aromatic N) is 3. The molecule has 0 saturated carbocycles. The number of ether oxygens (including phenoxy) is 1. The van der Waals surface area contributed by atoms with Crippen molar-refractivity contribution in [3.05, 3.63) is 60.0 Å². The molecule has 1 aliphatic rings. The molecule has 0 amide bonds. The fourth-order valence-electron chi connectivity index (χ4n) is 3.14. The van der Waals surface area contributed by atoms with Crippen LogP contribution in [0.1, 0.15) is 17.7 Å². The third kappa shape index (κ3) is 3.44. The highest BCUT2D eigenvalue weighted by Crippen LogP contribution is 2.26. The lowest BCUT2D eigenvalue weighted by atomic mass is 10.1. The SMILES string of the molecule is N#Cc1cnc2ccccc2c1NCc1cc(OC2CCNC2)ccn1. The van der Waals surface area contributed by atoms with Gasteiger partial charge in [0.15, 0.2) is 0 Å². The van der Waals surface area contributed by atoms with Crippen LogP contribution in [0.15, 0.2) is 48.8 Å². The molecule has 1 atom stereocenters. The van der Waals surface area contributed by atoms with Crippen molar-refractivity contribution in [1.82, 2.24) is 15.3 Å². The molecular weight excluding hydrogens is 326 g/mol. The molecule has 6 heteroatoms. The van der Waals surface area contributed by atoms with Crippen molar-refractivity contribution in [3.63, 3.8) is 0 Å². The predicted octanol–water partition coefficient (Wildman–Crippen LogP) is 2.85. The first-order chi connectivity index (χ1) is 12.8. The van der Waals surface area contributed by atoms with Gasteiger partial charge in [-0.15, -0.1) is 0 Å². The highest BCUT2D eigenvalue weighted by molar-refractivity contribution is 5.93. The summed E-state index contributed by atoms with van der Waals surface area (Å²) in [4.78, 5) is 8.74. The first-order valence-corrected chi connectivity index (χ1v) is 8.67. The molecule has 26 heavy (non-hydrogen) atoms. The minimum absolute atomic E-state index is 0.215. The van der Waals surface area contributed by atoms with E-state index in [4.69, 9.17) is 4.74 Å². The molecule has 4 rings (SSSR count). The number of nitriles is 1. The molecule has 1 saturated heterocycles. The predicted molar refractivity (Wildman–Crippen MR) is 99.9 cm³/mol. The number of para-hydroxylation sites is 1. The van der Waals surface area contributed by atoms with E-state index in [1.807, 2.05) is 36.4 Å². The van der Waals surface area contributed by atoms with Gasteiger partial charge in [-0.25, -0.2) is 0 Å². The van der Waals surface area contributed by atoms with Crippen LogP contribution in [-0.4, -0.2) is 29.2 Å². The lowest BCUT2D eigenvalue weighted by molar-refractivity contribution is 0.222. The van der Waals surface area contributed by atoms with Crippen LogP contribution in [0.2, 0.25) is 0 Å². The van der Waals surface area contributed by atoms with Gasteiger partial charge in [0.25, 0.3) is 0 Å². The first kappa shape index (κ1) is 16.3. The molecule has 0 spiro atoms. The monoisotopic (exact) mass is 345 g/mol. The van der Waals surface area contributed by atoms with Crippen LogP contribution < -0.4 is 15.4 Å². The van der Waals surface area contributed by atoms with E-state index in [0.717, 1.165) is 47.5 Å². The molecule has 1 unspecified atom stereocenters. The van der Waals surface area contributed by atoms with Crippen molar-refractivity contribution in [1.29, 1.82) is 5.26 Å². The van der Waals surface area contributed by atoms with Gasteiger partial charge in [-0.3, -0.25) is 9.97 Å². The third-order valence-corrected chi connectivity index (χ3v) is 4.45. The lowest BCUT2D eigenvalue weighted by Crippen LogP contribution is -2.19. The maximum Gasteiger partial charge on any atom is 0.123 e. The molecule has 2 N–H and O–H groups in total. The number of aromatic nitrogens is 2. The smallest absolute Gasteiger partial charge is 0.123 e. The van der Waals surface area contributed by atoms with Gasteiger partial charge in [-0.2, -0.15) is 5.26 Å². The molecule has 6 nitrogen and oxygen atoms in total. The van der Waals surface area contributed by atoms with Crippen molar-refractivity contribution in [2.24, 2.45) is 0 Å². The summed E-state index contributed by atoms with van der Waals surface area (Å²) in [5.74, 6) is 0.825. The first-order valence-electron chi connectivity index (χ1n) is 8.67. The van der Waals surface area contributed by atoms with Crippen molar-refractivity contribution in [3.8, 4) is 11.8 Å². The van der Waals surface area contributed by atoms with E-state index in [0.29, 0.717) is 12.1 Å². The van der Waals surface area contributed by atoms with E-state index in [9.17, 15) is 5.26 Å². The average molecular weight is 345 g/mol. The van der Waals surface area contributed by atoms with Gasteiger partial charge in [0, 0.05) is 30.4 Å². The van der Waals surface area contributed by atoms with E-state index in [-0.39, 0.29) is 6.10 Å². The molecular formula is C20H19N5O. The minimum Gasteiger partial charge on any atom is -0.489 e. The van der Waals surface area contributed by atoms with Crippen molar-refractivity contribution in [2.45, 2.75) is 19.1 Å². The Kier molecular flexibility index (Phi) is 4.63. The fraction of sp³-hybridized carbons (Fsp3) is 0.250. The summed E-state index contributed by atoms with van der Waals surface area (Å²) >= 11 is 0. The summed E-state index contributed by atoms with van der Waals surface area (Å²) in [5.41, 5.74) is 3.02. The average Bonchev–Trinajstić information content (AvgIpc) is 3.19. The number of fused-ring (bicyclic) bond motifs is 1. The Morgan fingerprint density at radius 2 is 2.19 bits per heavy atom. The van der Waals surface area contributed by atoms with E-state index in [1.165, 1.54) is 0 Å². The molecule has 3 aromatic rings. The quantitative estimate of drug-likeness (QED) is 0.740. The second-order valence-corrected chi connectivity index (χ2v) is 6.24. The highest BCUT2D eigenvalue weighted by atomic mass is 16.5. The molecule has 3 heterocycles. The summed E-state index contributed by atoms with van der Waals surface area (Å²) in [6, 6.07) is 13.8. The topological polar surface area (TPSA) is 82.9 Å². The second kappa shape index (κ2) is 7.38. The fourth-order valence-corrected chi connectivity index (χ4v) is 3.14. The summed E-state index contributed by atoms with van der Waals surface area (Å²) in [6.45, 7) is 2.38. The highest BCUT2D eigenvalue weighted by Gasteiger charge is 2.16. The third-order valence-electron chi connectivity index (χ3n) is 4.45. The number of anilines is 1. The van der Waals surface area contributed by atoms with Crippen LogP contribution in [0.5, 0.6) is 5.75 Å². The molecule has 1 aliphatic heterocycles. The van der Waals surface area contributed by atoms with Gasteiger partial charge in [-0.1, -0.05) is 18.2 Å². The van der Waals surface area contributed by atoms with Gasteiger partial charge in [0.2, 0.25) is 0 Å². The summed E-state index contributed by atoms with van der Waals surface area (Å²) in [5, 5.41) is 17.0. The standard InChI is InChI=1S/C20H19N5O/c21-10-14-11-24-19-4-2-1-3-18(19)20(14)25-12-15-9-16(6-8-23-15)26-17-5-7-22-13-17/h1-4,6,8-9,11,17,22H,5,7,12-13H2,(H,24,25). The van der Waals surface area contributed by atoms with Crippen LogP contribution in [0.25, 0.3) is 10.9 Å². The number of nitrogens with one attached hydrogen (secondary N) is 2. The van der Waals surface area contributed by atoms with Crippen LogP contribution in [0, 0.1) is 11.3 Å². The number of pyridine rings is 2. The summed E-state index contributed by atoms with van der Waals surface area (Å²) in [7, 11) is 0. The van der Waals surface area contributed by atoms with Gasteiger partial charge in [0.05, 0.1) is 29.0 Å². The minimum atomic E-state index is 0.215. The zero-order chi connectivity index (χ0) is 17.8. The van der Waals surface area contributed by atoms with Crippen molar-refractivity contribution >= 4 is 16.6 Å². The molecule has 0 radical (unpaired) electrons. The number of hydrogen-bond acceptors (Lipinski definition) is 6. The molecule has 0 bridgehead atoms. The Morgan fingerprint density at radius 3 is 3.04 bits per heavy atom. The zero-order valence-electron chi connectivity index (χ0n) is 14.3. The van der Waals surface area contributed by atoms with Crippen LogP contribution in [0.3, 0.4) is 0 Å². The maximum absolute atomic E-state index is 9.41. The number of hydrogen-bond donors (Lipinski definition) is 2. The molecule has 130 valence electrons. The lowest BCUT2D eigenvalue weighted by Gasteiger charge is -2.14. The zero-order valence-corrected chi connectivity index (χ0v) is 14.3. The van der Waals surface area contributed by atoms with Crippen LogP contribution in [0.4, 0.5) is 5.69 Å². The Morgan fingerprint density at radius 1 is 1.27 bits per heavy atom. The molecule has 0 aliphatic carbocycles. The van der Waals surface area contributed by atoms with Gasteiger partial charge in [0.1, 0.15) is 17.9 Å². The Labute approximate surface area is 151 Å². The van der Waals surface area contributed by atoms with E-state index in [1.54, 1.807) is 12.4 Å². The van der Waals surface area contributed by atoms with Crippen LogP contribution in [-0.2, 0) is 6.54 Å². The van der Waals surface area contributed by atoms with E-state index < -0.39 is 0 Å². The molecule has 1 fully saturated rings. The van der Waals surface area contributed by atoms with Gasteiger partial charge < -0.3 is 15.4 Å². The van der Waals surface area contributed by atoms with Gasteiger partial charge in [-0.05, 0) is 25.1 Å². The Hall–Kier alpha value is -3.17. The number of benzene rings is 1. The van der Waals surface area contributed by atoms with Gasteiger partial charge >= 0.3 is 0 Å². The normalized spacial score (nSPS) is 16.3. The summed E-state index contributed by atoms with van der Waals surface area (Å²) < 4.78 is 5.99. The van der Waals surface area contributed by atoms with Crippen LogP contribution >= 0.6 is 0 Å². The van der Waals surface area contributed by atoms with E-state index >= 15 is 0 Å². The maximum atomic E-state index is 9.41.